The Balaban J connectivity index is 1.56. The lowest BCUT2D eigenvalue weighted by molar-refractivity contribution is -0.278. The molecule has 5 aromatic rings. The van der Waals surface area contributed by atoms with Crippen molar-refractivity contribution in [2.24, 2.45) is 0 Å². The molecule has 4 aromatic carbocycles. The van der Waals surface area contributed by atoms with Gasteiger partial charge in [-0.1, -0.05) is 72.8 Å². The molecule has 0 N–H and O–H groups in total. The largest absolute Gasteiger partial charge is 0.858 e. The van der Waals surface area contributed by atoms with E-state index in [-0.39, 0.29) is 11.1 Å². The van der Waals surface area contributed by atoms with Crippen molar-refractivity contribution in [3.8, 4) is 17.3 Å². The van der Waals surface area contributed by atoms with Crippen molar-refractivity contribution in [1.29, 1.82) is 0 Å². The molecule has 39 heavy (non-hydrogen) atoms. The number of hydrogen-bond donors (Lipinski definition) is 0. The maximum Gasteiger partial charge on any atom is 0.283 e. The predicted octanol–water partition coefficient (Wildman–Crippen LogP) is 4.08. The quantitative estimate of drug-likeness (QED) is 0.262. The summed E-state index contributed by atoms with van der Waals surface area (Å²) in [6.07, 6.45) is 1.12. The van der Waals surface area contributed by atoms with E-state index in [1.54, 1.807) is 121 Å². The van der Waals surface area contributed by atoms with Gasteiger partial charge in [0.1, 0.15) is 5.57 Å². The fourth-order valence-electron chi connectivity index (χ4n) is 4.60. The van der Waals surface area contributed by atoms with Crippen LogP contribution in [0.4, 0.5) is 11.4 Å². The fraction of sp³-hybridized carbons (Fsp3) is 0. The average molecular weight is 514 g/mol. The van der Waals surface area contributed by atoms with Crippen LogP contribution in [0.15, 0.2) is 132 Å². The molecule has 1 fully saturated rings. The number of carbonyl (C=O) groups excluding carboxylic acids is 2. The van der Waals surface area contributed by atoms with Crippen LogP contribution < -0.4 is 20.7 Å². The Hall–Kier alpha value is -5.63. The number of anilines is 2. The van der Waals surface area contributed by atoms with Crippen molar-refractivity contribution >= 4 is 29.3 Å². The highest BCUT2D eigenvalue weighted by Crippen LogP contribution is 2.33. The van der Waals surface area contributed by atoms with Gasteiger partial charge in [0.2, 0.25) is 0 Å². The van der Waals surface area contributed by atoms with Crippen LogP contribution in [-0.2, 0) is 9.59 Å². The molecular formula is C31H21N4O4-. The number of hydrazine groups is 1. The Kier molecular flexibility index (Phi) is 5.89. The predicted molar refractivity (Wildman–Crippen MR) is 147 cm³/mol. The summed E-state index contributed by atoms with van der Waals surface area (Å²) in [5.74, 6) is -1.94. The SMILES string of the molecule is O=C1C(=Cc2c([O-])n(-c3ccccc3)n(-c3ccccc3)c2=O)C(=O)N(c2ccccc2)N1c1ccccc1. The monoisotopic (exact) mass is 513 g/mol. The van der Waals surface area contributed by atoms with Crippen LogP contribution >= 0.6 is 0 Å². The number of benzene rings is 4. The molecule has 8 nitrogen and oxygen atoms in total. The highest BCUT2D eigenvalue weighted by atomic mass is 16.3. The number of carbonyl (C=O) groups is 2. The second-order valence-corrected chi connectivity index (χ2v) is 8.78. The maximum atomic E-state index is 13.7. The smallest absolute Gasteiger partial charge is 0.283 e. The van der Waals surface area contributed by atoms with Crippen molar-refractivity contribution in [3.05, 3.63) is 143 Å². The number of amides is 2. The van der Waals surface area contributed by atoms with Gasteiger partial charge in [0.25, 0.3) is 17.4 Å². The zero-order chi connectivity index (χ0) is 26.9. The Labute approximate surface area is 223 Å². The van der Waals surface area contributed by atoms with Gasteiger partial charge < -0.3 is 5.11 Å². The summed E-state index contributed by atoms with van der Waals surface area (Å²) >= 11 is 0. The highest BCUT2D eigenvalue weighted by Gasteiger charge is 2.43. The molecule has 6 rings (SSSR count). The standard InChI is InChI=1S/C31H22N4O4/c36-28-26(29(37)33(23-15-7-2-8-16-23)32(28)22-13-5-1-6-14-22)21-27-30(38)34(24-17-9-3-10-18-24)35(31(27)39)25-19-11-4-12-20-25/h1-21,36H/p-1. The van der Waals surface area contributed by atoms with E-state index in [1.165, 1.54) is 19.4 Å². The minimum absolute atomic E-state index is 0.290. The normalized spacial score (nSPS) is 13.3. The lowest BCUT2D eigenvalue weighted by atomic mass is 10.1. The molecule has 2 heterocycles. The first-order valence-electron chi connectivity index (χ1n) is 12.2. The molecular weight excluding hydrogens is 492 g/mol. The van der Waals surface area contributed by atoms with Gasteiger partial charge >= 0.3 is 0 Å². The van der Waals surface area contributed by atoms with E-state index in [0.717, 1.165) is 6.08 Å². The van der Waals surface area contributed by atoms with E-state index in [0.29, 0.717) is 22.7 Å². The second kappa shape index (κ2) is 9.68. The summed E-state index contributed by atoms with van der Waals surface area (Å²) in [5, 5.41) is 16.2. The van der Waals surface area contributed by atoms with Gasteiger partial charge in [-0.3, -0.25) is 19.1 Å². The number of aromatic nitrogens is 2. The summed E-state index contributed by atoms with van der Waals surface area (Å²) in [6, 6.07) is 34.9. The summed E-state index contributed by atoms with van der Waals surface area (Å²) < 4.78 is 2.50. The van der Waals surface area contributed by atoms with Crippen molar-refractivity contribution in [1.82, 2.24) is 9.36 Å². The topological polar surface area (TPSA) is 90.6 Å². The van der Waals surface area contributed by atoms with Gasteiger partial charge in [-0.25, -0.2) is 14.7 Å². The number of para-hydroxylation sites is 4. The molecule has 0 spiro atoms. The summed E-state index contributed by atoms with van der Waals surface area (Å²) in [4.78, 5) is 41.2. The first-order valence-corrected chi connectivity index (χ1v) is 12.2. The minimum atomic E-state index is -0.646. The van der Waals surface area contributed by atoms with E-state index < -0.39 is 23.3 Å². The molecule has 2 amide bonds. The van der Waals surface area contributed by atoms with Crippen molar-refractivity contribution < 1.29 is 14.7 Å². The van der Waals surface area contributed by atoms with Crippen LogP contribution in [0.1, 0.15) is 5.56 Å². The van der Waals surface area contributed by atoms with E-state index >= 15 is 0 Å². The lowest BCUT2D eigenvalue weighted by Crippen LogP contribution is -2.41. The van der Waals surface area contributed by atoms with Gasteiger partial charge in [0.15, 0.2) is 0 Å². The van der Waals surface area contributed by atoms with Crippen LogP contribution in [0, 0.1) is 0 Å². The molecule has 0 unspecified atom stereocenters. The molecule has 1 aliphatic heterocycles. The Bertz CT molecular complexity index is 1700. The first-order chi connectivity index (χ1) is 19.1. The summed E-state index contributed by atoms with van der Waals surface area (Å²) in [6.45, 7) is 0. The lowest BCUT2D eigenvalue weighted by Gasteiger charge is -2.27. The molecule has 190 valence electrons. The van der Waals surface area contributed by atoms with Gasteiger partial charge in [-0.2, -0.15) is 0 Å². The molecule has 0 saturated carbocycles. The van der Waals surface area contributed by atoms with Gasteiger partial charge in [-0.05, 0) is 54.6 Å². The van der Waals surface area contributed by atoms with E-state index in [4.69, 9.17) is 0 Å². The Morgan fingerprint density at radius 2 is 0.846 bits per heavy atom. The van der Waals surface area contributed by atoms with Crippen LogP contribution in [0.25, 0.3) is 17.5 Å². The van der Waals surface area contributed by atoms with Crippen LogP contribution in [0.2, 0.25) is 0 Å². The summed E-state index contributed by atoms with van der Waals surface area (Å²) in [7, 11) is 0. The molecule has 1 saturated heterocycles. The number of rotatable bonds is 5. The second-order valence-electron chi connectivity index (χ2n) is 8.78. The van der Waals surface area contributed by atoms with Gasteiger partial charge in [0.05, 0.1) is 28.3 Å². The number of hydrogen-bond acceptors (Lipinski definition) is 4. The first kappa shape index (κ1) is 23.7. The van der Waals surface area contributed by atoms with Gasteiger partial charge in [0, 0.05) is 5.88 Å². The van der Waals surface area contributed by atoms with Crippen molar-refractivity contribution in [2.75, 3.05) is 10.0 Å². The Morgan fingerprint density at radius 3 is 1.26 bits per heavy atom. The molecule has 0 atom stereocenters. The third kappa shape index (κ3) is 4.00. The fourth-order valence-corrected chi connectivity index (χ4v) is 4.60. The number of nitrogens with zero attached hydrogens (tertiary/aromatic N) is 4. The minimum Gasteiger partial charge on any atom is -0.858 e. The molecule has 1 aliphatic rings. The third-order valence-corrected chi connectivity index (χ3v) is 6.38. The van der Waals surface area contributed by atoms with Gasteiger partial charge in [-0.15, -0.1) is 0 Å². The van der Waals surface area contributed by atoms with E-state index in [9.17, 15) is 19.5 Å². The summed E-state index contributed by atoms with van der Waals surface area (Å²) in [5.41, 5.74) is 0.642. The van der Waals surface area contributed by atoms with Crippen LogP contribution in [0.5, 0.6) is 5.88 Å². The highest BCUT2D eigenvalue weighted by molar-refractivity contribution is 6.38. The molecule has 0 bridgehead atoms. The van der Waals surface area contributed by atoms with Crippen molar-refractivity contribution in [2.45, 2.75) is 0 Å². The van der Waals surface area contributed by atoms with Crippen LogP contribution in [0.3, 0.4) is 0 Å². The average Bonchev–Trinajstić information content (AvgIpc) is 3.39. The van der Waals surface area contributed by atoms with E-state index in [2.05, 4.69) is 0 Å². The molecule has 0 radical (unpaired) electrons. The van der Waals surface area contributed by atoms with Crippen molar-refractivity contribution in [3.63, 3.8) is 0 Å². The maximum absolute atomic E-state index is 13.7. The zero-order valence-electron chi connectivity index (χ0n) is 20.5. The Morgan fingerprint density at radius 1 is 0.487 bits per heavy atom. The third-order valence-electron chi connectivity index (χ3n) is 6.38. The van der Waals surface area contributed by atoms with Crippen LogP contribution in [-0.4, -0.2) is 21.2 Å². The van der Waals surface area contributed by atoms with E-state index in [1.807, 2.05) is 0 Å². The molecule has 1 aromatic heterocycles. The zero-order valence-corrected chi connectivity index (χ0v) is 20.5. The molecule has 8 heteroatoms. The molecule has 0 aliphatic carbocycles.